The summed E-state index contributed by atoms with van der Waals surface area (Å²) in [5, 5.41) is 9.93. The number of carbonyl (C=O) groups is 1. The van der Waals surface area contributed by atoms with Crippen LogP contribution in [0.3, 0.4) is 0 Å². The van der Waals surface area contributed by atoms with Crippen LogP contribution < -0.4 is 10.9 Å². The van der Waals surface area contributed by atoms with E-state index < -0.39 is 0 Å². The lowest BCUT2D eigenvalue weighted by Gasteiger charge is -2.55. The first-order chi connectivity index (χ1) is 15.5. The van der Waals surface area contributed by atoms with Crippen molar-refractivity contribution in [2.45, 2.75) is 51.9 Å². The molecule has 3 heterocycles. The number of nitrogens with zero attached hydrogens (tertiary/aromatic N) is 3. The van der Waals surface area contributed by atoms with Gasteiger partial charge in [-0.15, -0.1) is 11.3 Å². The number of thiophene rings is 1. The number of aromatic amines is 1. The minimum absolute atomic E-state index is 0.101. The van der Waals surface area contributed by atoms with E-state index in [0.717, 1.165) is 29.8 Å². The molecule has 0 aromatic carbocycles. The second kappa shape index (κ2) is 7.40. The largest absolute Gasteiger partial charge is 0.310 e. The Morgan fingerprint density at radius 3 is 2.56 bits per heavy atom. The summed E-state index contributed by atoms with van der Waals surface area (Å²) in [6, 6.07) is 7.37. The standard InChI is InChI=1S/C24H27N5O2S/c1-2-17-9-21(30)27-23(25-17)29-20(10-18(28-29)19-4-3-5-32-19)26-22(31)24-11-14-6-15(12-24)8-16(7-14)13-24/h3-5,9-10,14-16H,2,6-8,11-13H2,1H3,(H,26,31)(H,25,27,30). The van der Waals surface area contributed by atoms with Crippen LogP contribution in [-0.2, 0) is 11.2 Å². The first kappa shape index (κ1) is 19.9. The summed E-state index contributed by atoms with van der Waals surface area (Å²) in [6.07, 6.45) is 7.52. The molecule has 7 nitrogen and oxygen atoms in total. The van der Waals surface area contributed by atoms with Crippen molar-refractivity contribution in [1.82, 2.24) is 19.7 Å². The first-order valence-corrected chi connectivity index (χ1v) is 12.5. The zero-order valence-corrected chi connectivity index (χ0v) is 19.0. The molecule has 7 rings (SSSR count). The fourth-order valence-corrected chi connectivity index (χ4v) is 7.27. The summed E-state index contributed by atoms with van der Waals surface area (Å²) in [6.45, 7) is 1.96. The Labute approximate surface area is 190 Å². The lowest BCUT2D eigenvalue weighted by atomic mass is 9.49. The van der Waals surface area contributed by atoms with E-state index >= 15 is 0 Å². The summed E-state index contributed by atoms with van der Waals surface area (Å²) >= 11 is 1.59. The number of hydrogen-bond donors (Lipinski definition) is 2. The molecule has 1 amide bonds. The van der Waals surface area contributed by atoms with Crippen molar-refractivity contribution in [3.05, 3.63) is 45.7 Å². The molecule has 0 spiro atoms. The highest BCUT2D eigenvalue weighted by atomic mass is 32.1. The molecule has 4 fully saturated rings. The summed E-state index contributed by atoms with van der Waals surface area (Å²) in [4.78, 5) is 34.3. The van der Waals surface area contributed by atoms with Gasteiger partial charge in [0.05, 0.1) is 10.3 Å². The molecule has 3 aromatic rings. The van der Waals surface area contributed by atoms with Crippen LogP contribution in [0.2, 0.25) is 0 Å². The third-order valence-electron chi connectivity index (χ3n) is 7.59. The van der Waals surface area contributed by atoms with Gasteiger partial charge >= 0.3 is 0 Å². The number of amides is 1. The summed E-state index contributed by atoms with van der Waals surface area (Å²) in [5.41, 5.74) is 0.956. The van der Waals surface area contributed by atoms with Crippen LogP contribution in [0, 0.1) is 23.2 Å². The van der Waals surface area contributed by atoms with Crippen molar-refractivity contribution in [2.24, 2.45) is 23.2 Å². The van der Waals surface area contributed by atoms with Gasteiger partial charge in [0.2, 0.25) is 11.9 Å². The zero-order chi connectivity index (χ0) is 21.9. The maximum absolute atomic E-state index is 13.7. The minimum atomic E-state index is -0.265. The summed E-state index contributed by atoms with van der Waals surface area (Å²) in [5.74, 6) is 3.07. The first-order valence-electron chi connectivity index (χ1n) is 11.6. The number of anilines is 1. The average molecular weight is 450 g/mol. The monoisotopic (exact) mass is 449 g/mol. The molecular weight excluding hydrogens is 422 g/mol. The summed E-state index contributed by atoms with van der Waals surface area (Å²) in [7, 11) is 0. The molecule has 0 unspecified atom stereocenters. The SMILES string of the molecule is CCc1cc(=O)[nH]c(-n2nc(-c3cccs3)cc2NC(=O)C23CC4CC(CC(C4)C2)C3)n1. The molecule has 0 atom stereocenters. The molecule has 4 aliphatic carbocycles. The number of nitrogens with one attached hydrogen (secondary N) is 2. The Morgan fingerprint density at radius 1 is 1.22 bits per heavy atom. The Bertz CT molecular complexity index is 1190. The Balaban J connectivity index is 1.39. The van der Waals surface area contributed by atoms with Crippen LogP contribution in [-0.4, -0.2) is 25.7 Å². The predicted molar refractivity (Wildman–Crippen MR) is 124 cm³/mol. The van der Waals surface area contributed by atoms with E-state index in [2.05, 4.69) is 15.3 Å². The lowest BCUT2D eigenvalue weighted by molar-refractivity contribution is -0.140. The van der Waals surface area contributed by atoms with Gasteiger partial charge in [0, 0.05) is 17.8 Å². The number of carbonyl (C=O) groups excluding carboxylic acids is 1. The van der Waals surface area contributed by atoms with Crippen LogP contribution >= 0.6 is 11.3 Å². The summed E-state index contributed by atoms with van der Waals surface area (Å²) < 4.78 is 1.58. The molecule has 2 N–H and O–H groups in total. The van der Waals surface area contributed by atoms with E-state index in [1.807, 2.05) is 30.5 Å². The molecule has 3 aromatic heterocycles. The van der Waals surface area contributed by atoms with Gasteiger partial charge in [0.25, 0.3) is 5.56 Å². The van der Waals surface area contributed by atoms with Gasteiger partial charge < -0.3 is 5.32 Å². The highest BCUT2D eigenvalue weighted by molar-refractivity contribution is 7.13. The van der Waals surface area contributed by atoms with E-state index in [1.165, 1.54) is 25.3 Å². The van der Waals surface area contributed by atoms with Crippen LogP contribution in [0.15, 0.2) is 34.4 Å². The molecular formula is C24H27N5O2S. The van der Waals surface area contributed by atoms with Gasteiger partial charge in [-0.25, -0.2) is 4.98 Å². The highest BCUT2D eigenvalue weighted by Crippen LogP contribution is 2.60. The van der Waals surface area contributed by atoms with Crippen LogP contribution in [0.4, 0.5) is 5.82 Å². The maximum atomic E-state index is 13.7. The normalized spacial score (nSPS) is 28.2. The highest BCUT2D eigenvalue weighted by Gasteiger charge is 2.54. The van der Waals surface area contributed by atoms with Crippen LogP contribution in [0.1, 0.15) is 51.1 Å². The third-order valence-corrected chi connectivity index (χ3v) is 8.48. The Morgan fingerprint density at radius 2 is 1.94 bits per heavy atom. The van der Waals surface area contributed by atoms with Gasteiger partial charge in [0.15, 0.2) is 0 Å². The minimum Gasteiger partial charge on any atom is -0.310 e. The molecule has 166 valence electrons. The van der Waals surface area contributed by atoms with Crippen molar-refractivity contribution < 1.29 is 4.79 Å². The van der Waals surface area contributed by atoms with Gasteiger partial charge in [0.1, 0.15) is 11.5 Å². The number of hydrogen-bond acceptors (Lipinski definition) is 5. The third kappa shape index (κ3) is 3.32. The Hall–Kier alpha value is -2.74. The van der Waals surface area contributed by atoms with Crippen LogP contribution in [0.25, 0.3) is 16.5 Å². The lowest BCUT2D eigenvalue weighted by Crippen LogP contribution is -2.51. The van der Waals surface area contributed by atoms with Crippen molar-refractivity contribution in [2.75, 3.05) is 5.32 Å². The molecule has 4 bridgehead atoms. The fourth-order valence-electron chi connectivity index (χ4n) is 6.59. The molecule has 0 aliphatic heterocycles. The molecule has 32 heavy (non-hydrogen) atoms. The quantitative estimate of drug-likeness (QED) is 0.604. The molecule has 4 aliphatic rings. The average Bonchev–Trinajstić information content (AvgIpc) is 3.42. The second-order valence-electron chi connectivity index (χ2n) is 9.87. The van der Waals surface area contributed by atoms with Gasteiger partial charge in [-0.2, -0.15) is 9.78 Å². The van der Waals surface area contributed by atoms with E-state index in [1.54, 1.807) is 16.0 Å². The fraction of sp³-hybridized carbons (Fsp3) is 0.500. The number of aryl methyl sites for hydroxylation is 1. The van der Waals surface area contributed by atoms with Gasteiger partial charge in [-0.3, -0.25) is 14.6 Å². The molecule has 0 saturated heterocycles. The van der Waals surface area contributed by atoms with E-state index in [9.17, 15) is 9.59 Å². The molecule has 0 radical (unpaired) electrons. The van der Waals surface area contributed by atoms with Crippen molar-refractivity contribution in [3.63, 3.8) is 0 Å². The topological polar surface area (TPSA) is 92.7 Å². The van der Waals surface area contributed by atoms with Gasteiger partial charge in [-0.05, 0) is 74.1 Å². The smallest absolute Gasteiger partial charge is 0.252 e. The van der Waals surface area contributed by atoms with E-state index in [0.29, 0.717) is 41.6 Å². The van der Waals surface area contributed by atoms with E-state index in [-0.39, 0.29) is 16.9 Å². The van der Waals surface area contributed by atoms with Crippen molar-refractivity contribution in [1.29, 1.82) is 0 Å². The predicted octanol–water partition coefficient (Wildman–Crippen LogP) is 4.40. The van der Waals surface area contributed by atoms with Gasteiger partial charge in [-0.1, -0.05) is 13.0 Å². The Kier molecular flexibility index (Phi) is 4.61. The molecule has 4 saturated carbocycles. The van der Waals surface area contributed by atoms with Crippen molar-refractivity contribution >= 4 is 23.1 Å². The second-order valence-corrected chi connectivity index (χ2v) is 10.8. The van der Waals surface area contributed by atoms with Crippen LogP contribution in [0.5, 0.6) is 0 Å². The molecule has 8 heteroatoms. The zero-order valence-electron chi connectivity index (χ0n) is 18.1. The van der Waals surface area contributed by atoms with E-state index in [4.69, 9.17) is 5.10 Å². The number of aromatic nitrogens is 4. The maximum Gasteiger partial charge on any atom is 0.252 e. The number of rotatable bonds is 5. The van der Waals surface area contributed by atoms with Crippen molar-refractivity contribution in [3.8, 4) is 16.5 Å². The number of H-pyrrole nitrogens is 1.